The quantitative estimate of drug-likeness (QED) is 0.730. The average Bonchev–Trinajstić information content (AvgIpc) is 2.84. The van der Waals surface area contributed by atoms with Crippen LogP contribution in [0.1, 0.15) is 44.6 Å². The van der Waals surface area contributed by atoms with Gasteiger partial charge in [0.25, 0.3) is 0 Å². The Kier molecular flexibility index (Phi) is 7.63. The van der Waals surface area contributed by atoms with Gasteiger partial charge in [0.15, 0.2) is 0 Å². The summed E-state index contributed by atoms with van der Waals surface area (Å²) in [4.78, 5) is 37.3. The Labute approximate surface area is 154 Å². The zero-order valence-corrected chi connectivity index (χ0v) is 15.3. The molecule has 0 saturated heterocycles. The first-order valence-corrected chi connectivity index (χ1v) is 9.29. The third kappa shape index (κ3) is 6.17. The lowest BCUT2D eigenvalue weighted by Gasteiger charge is -2.25. The fourth-order valence-electron chi connectivity index (χ4n) is 3.46. The number of carbonyl (C=O) groups excluding carboxylic acids is 2. The van der Waals surface area contributed by atoms with E-state index in [1.54, 1.807) is 0 Å². The van der Waals surface area contributed by atoms with Crippen molar-refractivity contribution in [2.75, 3.05) is 13.1 Å². The molecule has 2 amide bonds. The summed E-state index contributed by atoms with van der Waals surface area (Å²) in [7, 11) is 0. The van der Waals surface area contributed by atoms with Crippen molar-refractivity contribution in [1.82, 2.24) is 10.2 Å². The third-order valence-electron chi connectivity index (χ3n) is 4.97. The molecule has 142 valence electrons. The summed E-state index contributed by atoms with van der Waals surface area (Å²) in [6.07, 6.45) is 4.72. The summed E-state index contributed by atoms with van der Waals surface area (Å²) < 4.78 is 0. The van der Waals surface area contributed by atoms with Gasteiger partial charge in [-0.2, -0.15) is 0 Å². The molecule has 0 heterocycles. The highest BCUT2D eigenvalue weighted by Gasteiger charge is 2.31. The lowest BCUT2D eigenvalue weighted by molar-refractivity contribution is -0.143. The largest absolute Gasteiger partial charge is 0.481 e. The van der Waals surface area contributed by atoms with Crippen LogP contribution in [-0.4, -0.2) is 46.9 Å². The van der Waals surface area contributed by atoms with Gasteiger partial charge in [0.1, 0.15) is 0 Å². The number of hydrogen-bond donors (Lipinski definition) is 2. The minimum Gasteiger partial charge on any atom is -0.481 e. The maximum absolute atomic E-state index is 12.4. The Balaban J connectivity index is 1.91. The SMILES string of the molecule is CC(=O)N(CCc1ccccc1)CC(=O)N[C@H]1CCCCC[C@H]1C(=O)O. The second kappa shape index (κ2) is 9.94. The van der Waals surface area contributed by atoms with Crippen LogP contribution >= 0.6 is 0 Å². The van der Waals surface area contributed by atoms with Gasteiger partial charge in [0.2, 0.25) is 11.8 Å². The minimum atomic E-state index is -0.857. The fourth-order valence-corrected chi connectivity index (χ4v) is 3.46. The van der Waals surface area contributed by atoms with Crippen molar-refractivity contribution in [1.29, 1.82) is 0 Å². The Morgan fingerprint density at radius 1 is 1.12 bits per heavy atom. The van der Waals surface area contributed by atoms with Gasteiger partial charge in [-0.15, -0.1) is 0 Å². The molecule has 2 atom stereocenters. The number of carboxylic acids is 1. The van der Waals surface area contributed by atoms with Crippen LogP contribution in [0.3, 0.4) is 0 Å². The Bertz CT molecular complexity index is 617. The van der Waals surface area contributed by atoms with Crippen molar-refractivity contribution in [3.05, 3.63) is 35.9 Å². The van der Waals surface area contributed by atoms with Gasteiger partial charge < -0.3 is 15.3 Å². The van der Waals surface area contributed by atoms with Gasteiger partial charge in [-0.1, -0.05) is 49.6 Å². The minimum absolute atomic E-state index is 0.0367. The van der Waals surface area contributed by atoms with Gasteiger partial charge >= 0.3 is 5.97 Å². The van der Waals surface area contributed by atoms with Crippen molar-refractivity contribution < 1.29 is 19.5 Å². The summed E-state index contributed by atoms with van der Waals surface area (Å²) in [6, 6.07) is 9.44. The number of nitrogens with one attached hydrogen (secondary N) is 1. The van der Waals surface area contributed by atoms with Crippen LogP contribution in [0.25, 0.3) is 0 Å². The second-order valence-electron chi connectivity index (χ2n) is 6.93. The van der Waals surface area contributed by atoms with Crippen molar-refractivity contribution in [3.8, 4) is 0 Å². The number of hydrogen-bond acceptors (Lipinski definition) is 3. The van der Waals surface area contributed by atoms with Gasteiger partial charge in [-0.05, 0) is 24.8 Å². The standard InChI is InChI=1S/C20H28N2O4/c1-15(23)22(13-12-16-8-4-2-5-9-16)14-19(24)21-18-11-7-3-6-10-17(18)20(25)26/h2,4-5,8-9,17-18H,3,6-7,10-14H2,1H3,(H,21,24)(H,25,26)/t17-,18+/m1/s1. The van der Waals surface area contributed by atoms with Crippen LogP contribution in [0.2, 0.25) is 0 Å². The molecule has 0 aromatic heterocycles. The molecule has 1 saturated carbocycles. The number of nitrogens with zero attached hydrogens (tertiary/aromatic N) is 1. The van der Waals surface area contributed by atoms with Crippen LogP contribution in [0.15, 0.2) is 30.3 Å². The summed E-state index contributed by atoms with van der Waals surface area (Å²) in [5.74, 6) is -1.85. The van der Waals surface area contributed by atoms with Crippen LogP contribution in [-0.2, 0) is 20.8 Å². The lowest BCUT2D eigenvalue weighted by Crippen LogP contribution is -2.47. The summed E-state index contributed by atoms with van der Waals surface area (Å²) in [5.41, 5.74) is 1.11. The number of carboxylic acid groups (broad SMARTS) is 1. The van der Waals surface area contributed by atoms with Gasteiger partial charge in [0, 0.05) is 19.5 Å². The van der Waals surface area contributed by atoms with E-state index in [2.05, 4.69) is 5.32 Å². The Hall–Kier alpha value is -2.37. The van der Waals surface area contributed by atoms with E-state index in [0.29, 0.717) is 25.8 Å². The molecular weight excluding hydrogens is 332 g/mol. The summed E-state index contributed by atoms with van der Waals surface area (Å²) in [6.45, 7) is 1.87. The number of rotatable bonds is 7. The Morgan fingerprint density at radius 3 is 2.46 bits per heavy atom. The molecular formula is C20H28N2O4. The molecule has 1 aliphatic carbocycles. The van der Waals surface area contributed by atoms with E-state index >= 15 is 0 Å². The van der Waals surface area contributed by atoms with Crippen LogP contribution in [0.5, 0.6) is 0 Å². The molecule has 26 heavy (non-hydrogen) atoms. The molecule has 0 aliphatic heterocycles. The molecule has 6 nitrogen and oxygen atoms in total. The molecule has 1 aromatic carbocycles. The highest BCUT2D eigenvalue weighted by Crippen LogP contribution is 2.23. The Morgan fingerprint density at radius 2 is 1.81 bits per heavy atom. The summed E-state index contributed by atoms with van der Waals surface area (Å²) >= 11 is 0. The zero-order chi connectivity index (χ0) is 18.9. The first kappa shape index (κ1) is 19.9. The molecule has 2 N–H and O–H groups in total. The molecule has 2 rings (SSSR count). The third-order valence-corrected chi connectivity index (χ3v) is 4.97. The van der Waals surface area contributed by atoms with Crippen molar-refractivity contribution in [2.45, 2.75) is 51.5 Å². The van der Waals surface area contributed by atoms with E-state index in [9.17, 15) is 19.5 Å². The normalized spacial score (nSPS) is 20.0. The van der Waals surface area contributed by atoms with Gasteiger partial charge in [-0.25, -0.2) is 0 Å². The molecule has 0 spiro atoms. The number of carbonyl (C=O) groups is 3. The second-order valence-corrected chi connectivity index (χ2v) is 6.93. The zero-order valence-electron chi connectivity index (χ0n) is 15.3. The highest BCUT2D eigenvalue weighted by atomic mass is 16.4. The molecule has 1 fully saturated rings. The highest BCUT2D eigenvalue weighted by molar-refractivity contribution is 5.84. The molecule has 0 bridgehead atoms. The predicted octanol–water partition coefficient (Wildman–Crippen LogP) is 2.23. The van der Waals surface area contributed by atoms with E-state index in [-0.39, 0.29) is 24.4 Å². The van der Waals surface area contributed by atoms with Crippen molar-refractivity contribution in [2.24, 2.45) is 5.92 Å². The number of aliphatic carboxylic acids is 1. The van der Waals surface area contributed by atoms with Crippen LogP contribution in [0, 0.1) is 5.92 Å². The number of benzene rings is 1. The molecule has 6 heteroatoms. The smallest absolute Gasteiger partial charge is 0.308 e. The van der Waals surface area contributed by atoms with Crippen LogP contribution < -0.4 is 5.32 Å². The topological polar surface area (TPSA) is 86.7 Å². The molecule has 1 aromatic rings. The van der Waals surface area contributed by atoms with E-state index in [1.807, 2.05) is 30.3 Å². The van der Waals surface area contributed by atoms with E-state index < -0.39 is 11.9 Å². The average molecular weight is 360 g/mol. The van der Waals surface area contributed by atoms with E-state index in [4.69, 9.17) is 0 Å². The maximum Gasteiger partial charge on any atom is 0.308 e. The molecule has 0 radical (unpaired) electrons. The maximum atomic E-state index is 12.4. The predicted molar refractivity (Wildman–Crippen MR) is 98.5 cm³/mol. The lowest BCUT2D eigenvalue weighted by atomic mass is 9.95. The van der Waals surface area contributed by atoms with E-state index in [1.165, 1.54) is 11.8 Å². The van der Waals surface area contributed by atoms with Crippen molar-refractivity contribution >= 4 is 17.8 Å². The van der Waals surface area contributed by atoms with Crippen molar-refractivity contribution in [3.63, 3.8) is 0 Å². The fraction of sp³-hybridized carbons (Fsp3) is 0.550. The molecule has 0 unspecified atom stereocenters. The number of amides is 2. The molecule has 1 aliphatic rings. The van der Waals surface area contributed by atoms with E-state index in [0.717, 1.165) is 24.8 Å². The summed E-state index contributed by atoms with van der Waals surface area (Å²) in [5, 5.41) is 12.3. The van der Waals surface area contributed by atoms with Crippen LogP contribution in [0.4, 0.5) is 0 Å². The monoisotopic (exact) mass is 360 g/mol. The first-order valence-electron chi connectivity index (χ1n) is 9.29. The van der Waals surface area contributed by atoms with Gasteiger partial charge in [-0.3, -0.25) is 14.4 Å². The van der Waals surface area contributed by atoms with Gasteiger partial charge in [0.05, 0.1) is 12.5 Å². The first-order chi connectivity index (χ1) is 12.5.